The zero-order valence-electron chi connectivity index (χ0n) is 10.4. The molecule has 2 rings (SSSR count). The second-order valence-corrected chi connectivity index (χ2v) is 4.79. The first kappa shape index (κ1) is 13.0. The maximum Gasteiger partial charge on any atom is 0.293 e. The van der Waals surface area contributed by atoms with Crippen molar-refractivity contribution in [3.05, 3.63) is 24.2 Å². The van der Waals surface area contributed by atoms with Crippen molar-refractivity contribution in [3.8, 4) is 0 Å². The molecule has 1 aromatic heterocycles. The largest absolute Gasteiger partial charge is 0.459 e. The van der Waals surface area contributed by atoms with Crippen molar-refractivity contribution in [2.45, 2.75) is 26.1 Å². The third-order valence-electron chi connectivity index (χ3n) is 2.67. The fourth-order valence-electron chi connectivity index (χ4n) is 1.99. The molecule has 0 unspecified atom stereocenters. The molecule has 0 bridgehead atoms. The molecule has 98 valence electrons. The van der Waals surface area contributed by atoms with E-state index in [4.69, 9.17) is 21.4 Å². The first-order valence-electron chi connectivity index (χ1n) is 5.85. The Kier molecular flexibility index (Phi) is 3.98. The lowest BCUT2D eigenvalue weighted by Gasteiger charge is -2.36. The van der Waals surface area contributed by atoms with Gasteiger partial charge in [0.25, 0.3) is 5.91 Å². The molecule has 0 radical (unpaired) electrons. The van der Waals surface area contributed by atoms with E-state index in [-0.39, 0.29) is 23.9 Å². The molecule has 2 heterocycles. The van der Waals surface area contributed by atoms with Crippen LogP contribution in [0.4, 0.5) is 0 Å². The number of rotatable bonds is 1. The third kappa shape index (κ3) is 3.08. The lowest BCUT2D eigenvalue weighted by Crippen LogP contribution is -2.52. The summed E-state index contributed by atoms with van der Waals surface area (Å²) in [5, 5.41) is 3.08. The molecule has 1 aliphatic rings. The number of morpholine rings is 1. The fraction of sp³-hybridized carbons (Fsp3) is 0.500. The molecule has 6 heteroatoms. The van der Waals surface area contributed by atoms with Crippen LogP contribution in [-0.2, 0) is 4.74 Å². The van der Waals surface area contributed by atoms with Crippen molar-refractivity contribution in [3.63, 3.8) is 0 Å². The number of nitrogens with one attached hydrogen (secondary N) is 1. The van der Waals surface area contributed by atoms with Crippen molar-refractivity contribution < 1.29 is 13.9 Å². The van der Waals surface area contributed by atoms with Crippen LogP contribution in [0.15, 0.2) is 22.8 Å². The zero-order valence-corrected chi connectivity index (χ0v) is 11.2. The quantitative estimate of drug-likeness (QED) is 0.780. The van der Waals surface area contributed by atoms with E-state index in [1.165, 1.54) is 6.26 Å². The van der Waals surface area contributed by atoms with Crippen LogP contribution < -0.4 is 5.32 Å². The summed E-state index contributed by atoms with van der Waals surface area (Å²) in [6.07, 6.45) is 1.66. The zero-order chi connectivity index (χ0) is 13.1. The van der Waals surface area contributed by atoms with Crippen molar-refractivity contribution in [2.24, 2.45) is 0 Å². The number of ether oxygens (including phenoxy) is 1. The van der Waals surface area contributed by atoms with E-state index in [1.807, 2.05) is 18.7 Å². The van der Waals surface area contributed by atoms with Gasteiger partial charge in [-0.25, -0.2) is 0 Å². The van der Waals surface area contributed by atoms with Crippen molar-refractivity contribution >= 4 is 23.2 Å². The molecule has 1 amide bonds. The average molecular weight is 268 g/mol. The van der Waals surface area contributed by atoms with Gasteiger partial charge in [0.15, 0.2) is 10.9 Å². The molecule has 1 N–H and O–H groups in total. The van der Waals surface area contributed by atoms with E-state index in [0.29, 0.717) is 18.2 Å². The lowest BCUT2D eigenvalue weighted by molar-refractivity contribution is -0.0481. The second-order valence-electron chi connectivity index (χ2n) is 4.40. The fourth-order valence-corrected chi connectivity index (χ4v) is 2.23. The molecule has 1 aromatic rings. The minimum absolute atomic E-state index is 0.104. The SMILES string of the molecule is C[C@@H]1CN(C(=S)NC(=O)c2ccco2)C[C@@H](C)O1. The van der Waals surface area contributed by atoms with E-state index >= 15 is 0 Å². The molecule has 2 atom stereocenters. The molecule has 18 heavy (non-hydrogen) atoms. The van der Waals surface area contributed by atoms with Crippen molar-refractivity contribution in [2.75, 3.05) is 13.1 Å². The highest BCUT2D eigenvalue weighted by molar-refractivity contribution is 7.80. The number of thiocarbonyl (C=S) groups is 1. The molecule has 1 saturated heterocycles. The van der Waals surface area contributed by atoms with Crippen LogP contribution in [0.5, 0.6) is 0 Å². The minimum atomic E-state index is -0.322. The number of carbonyl (C=O) groups is 1. The van der Waals surface area contributed by atoms with E-state index in [9.17, 15) is 4.79 Å². The Labute approximate surface area is 111 Å². The van der Waals surface area contributed by atoms with E-state index in [2.05, 4.69) is 5.32 Å². The van der Waals surface area contributed by atoms with Gasteiger partial charge < -0.3 is 14.1 Å². The predicted molar refractivity (Wildman–Crippen MR) is 70.4 cm³/mol. The Bertz CT molecular complexity index is 423. The van der Waals surface area contributed by atoms with Gasteiger partial charge in [-0.2, -0.15) is 0 Å². The average Bonchev–Trinajstić information content (AvgIpc) is 2.80. The normalized spacial score (nSPS) is 23.8. The summed E-state index contributed by atoms with van der Waals surface area (Å²) < 4.78 is 10.6. The Morgan fingerprint density at radius 3 is 2.67 bits per heavy atom. The first-order valence-corrected chi connectivity index (χ1v) is 6.26. The summed E-state index contributed by atoms with van der Waals surface area (Å²) in [7, 11) is 0. The van der Waals surface area contributed by atoms with Gasteiger partial charge in [-0.3, -0.25) is 10.1 Å². The monoisotopic (exact) mass is 268 g/mol. The van der Waals surface area contributed by atoms with Crippen molar-refractivity contribution in [1.29, 1.82) is 0 Å². The van der Waals surface area contributed by atoms with Gasteiger partial charge in [-0.05, 0) is 38.2 Å². The lowest BCUT2D eigenvalue weighted by atomic mass is 10.2. The smallest absolute Gasteiger partial charge is 0.293 e. The highest BCUT2D eigenvalue weighted by atomic mass is 32.1. The van der Waals surface area contributed by atoms with E-state index < -0.39 is 0 Å². The highest BCUT2D eigenvalue weighted by Crippen LogP contribution is 2.11. The molecular weight excluding hydrogens is 252 g/mol. The Hall–Kier alpha value is -1.40. The Morgan fingerprint density at radius 2 is 2.11 bits per heavy atom. The van der Waals surface area contributed by atoms with E-state index in [1.54, 1.807) is 12.1 Å². The van der Waals surface area contributed by atoms with Crippen LogP contribution in [0.3, 0.4) is 0 Å². The van der Waals surface area contributed by atoms with E-state index in [0.717, 1.165) is 0 Å². The summed E-state index contributed by atoms with van der Waals surface area (Å²) in [6, 6.07) is 3.26. The molecule has 0 spiro atoms. The maximum atomic E-state index is 11.8. The summed E-state index contributed by atoms with van der Waals surface area (Å²) in [5.74, 6) is -0.0662. The van der Waals surface area contributed by atoms with Crippen molar-refractivity contribution in [1.82, 2.24) is 10.2 Å². The number of nitrogens with zero attached hydrogens (tertiary/aromatic N) is 1. The number of amides is 1. The predicted octanol–water partition coefficient (Wildman–Crippen LogP) is 1.40. The number of hydrogen-bond acceptors (Lipinski definition) is 4. The summed E-state index contributed by atoms with van der Waals surface area (Å²) >= 11 is 5.23. The highest BCUT2D eigenvalue weighted by Gasteiger charge is 2.25. The third-order valence-corrected chi connectivity index (χ3v) is 3.03. The molecule has 1 fully saturated rings. The molecule has 0 saturated carbocycles. The molecule has 1 aliphatic heterocycles. The molecule has 0 aromatic carbocycles. The maximum absolute atomic E-state index is 11.8. The number of hydrogen-bond donors (Lipinski definition) is 1. The van der Waals surface area contributed by atoms with Crippen LogP contribution in [0.2, 0.25) is 0 Å². The van der Waals surface area contributed by atoms with Crippen LogP contribution in [0.25, 0.3) is 0 Å². The standard InChI is InChI=1S/C12H16N2O3S/c1-8-6-14(7-9(2)17-8)12(18)13-11(15)10-4-3-5-16-10/h3-5,8-9H,6-7H2,1-2H3,(H,13,15,18)/t8-,9-/m1/s1. The van der Waals surface area contributed by atoms with Gasteiger partial charge in [-0.1, -0.05) is 0 Å². The van der Waals surface area contributed by atoms with Crippen LogP contribution in [0.1, 0.15) is 24.4 Å². The van der Waals surface area contributed by atoms with Gasteiger partial charge in [0.1, 0.15) is 0 Å². The minimum Gasteiger partial charge on any atom is -0.459 e. The summed E-state index contributed by atoms with van der Waals surface area (Å²) in [4.78, 5) is 13.7. The number of furan rings is 1. The summed E-state index contributed by atoms with van der Waals surface area (Å²) in [6.45, 7) is 5.34. The first-order chi connectivity index (χ1) is 8.56. The van der Waals surface area contributed by atoms with Crippen LogP contribution >= 0.6 is 12.2 Å². The second kappa shape index (κ2) is 5.49. The van der Waals surface area contributed by atoms with Gasteiger partial charge in [0, 0.05) is 13.1 Å². The number of carbonyl (C=O) groups excluding carboxylic acids is 1. The molecular formula is C12H16N2O3S. The van der Waals surface area contributed by atoms with Gasteiger partial charge >= 0.3 is 0 Å². The topological polar surface area (TPSA) is 54.7 Å². The molecule has 0 aliphatic carbocycles. The Morgan fingerprint density at radius 1 is 1.44 bits per heavy atom. The molecule has 5 nitrogen and oxygen atoms in total. The summed E-state index contributed by atoms with van der Waals surface area (Å²) in [5.41, 5.74) is 0. The van der Waals surface area contributed by atoms with Gasteiger partial charge in [-0.15, -0.1) is 0 Å². The Balaban J connectivity index is 1.93. The van der Waals surface area contributed by atoms with Crippen LogP contribution in [-0.4, -0.2) is 41.2 Å². The van der Waals surface area contributed by atoms with Crippen LogP contribution in [0, 0.1) is 0 Å². The van der Waals surface area contributed by atoms with Gasteiger partial charge in [0.05, 0.1) is 18.5 Å². The van der Waals surface area contributed by atoms with Gasteiger partial charge in [0.2, 0.25) is 0 Å².